The van der Waals surface area contributed by atoms with Gasteiger partial charge in [0.2, 0.25) is 0 Å². The number of aromatic nitrogens is 2. The maximum absolute atomic E-state index is 4.54. The molecule has 0 unspecified atom stereocenters. The maximum Gasteiger partial charge on any atom is 0.186 e. The van der Waals surface area contributed by atoms with Gasteiger partial charge in [0.1, 0.15) is 5.82 Å². The Morgan fingerprint density at radius 2 is 2.11 bits per heavy atom. The van der Waals surface area contributed by atoms with Crippen molar-refractivity contribution in [3.05, 3.63) is 40.8 Å². The molecule has 0 spiro atoms. The lowest BCUT2D eigenvalue weighted by atomic mass is 10.1. The van der Waals surface area contributed by atoms with Crippen LogP contribution in [0, 0.1) is 0 Å². The van der Waals surface area contributed by atoms with Crippen LogP contribution < -0.4 is 0 Å². The molecule has 5 heteroatoms. The van der Waals surface area contributed by atoms with E-state index in [0.717, 1.165) is 16.0 Å². The van der Waals surface area contributed by atoms with Crippen LogP contribution in [-0.2, 0) is 0 Å². The van der Waals surface area contributed by atoms with Crippen molar-refractivity contribution in [1.29, 1.82) is 0 Å². The van der Waals surface area contributed by atoms with Gasteiger partial charge in [0.25, 0.3) is 0 Å². The maximum atomic E-state index is 4.54. The molecule has 0 radical (unpaired) electrons. The highest BCUT2D eigenvalue weighted by molar-refractivity contribution is 9.10. The van der Waals surface area contributed by atoms with E-state index in [-0.39, 0.29) is 0 Å². The summed E-state index contributed by atoms with van der Waals surface area (Å²) in [6.07, 6.45) is 4.39. The second-order valence-electron chi connectivity index (χ2n) is 4.83. The SMILES string of the molecule is BN1CCC[C@H]1c1ncc(-c2ccc(Br)cc2)[nH]1. The van der Waals surface area contributed by atoms with Crippen molar-refractivity contribution < 1.29 is 0 Å². The highest BCUT2D eigenvalue weighted by Gasteiger charge is 2.24. The predicted molar refractivity (Wildman–Crippen MR) is 78.9 cm³/mol. The second kappa shape index (κ2) is 4.90. The lowest BCUT2D eigenvalue weighted by Crippen LogP contribution is -2.20. The first-order valence-corrected chi connectivity index (χ1v) is 7.04. The van der Waals surface area contributed by atoms with Gasteiger partial charge in [-0.2, -0.15) is 0 Å². The molecule has 1 aliphatic rings. The molecule has 0 bridgehead atoms. The van der Waals surface area contributed by atoms with Crippen molar-refractivity contribution >= 4 is 23.9 Å². The molecule has 1 fully saturated rings. The summed E-state index contributed by atoms with van der Waals surface area (Å²) in [5, 5.41) is 0. The summed E-state index contributed by atoms with van der Waals surface area (Å²) < 4.78 is 1.10. The molecule has 0 saturated carbocycles. The Hall–Kier alpha value is -1.07. The Morgan fingerprint density at radius 3 is 2.78 bits per heavy atom. The molecule has 1 saturated heterocycles. The summed E-state index contributed by atoms with van der Waals surface area (Å²) >= 11 is 3.45. The molecular formula is C13H15BBrN3. The summed E-state index contributed by atoms with van der Waals surface area (Å²) in [6.45, 7) is 1.17. The van der Waals surface area contributed by atoms with Crippen molar-refractivity contribution in [2.24, 2.45) is 0 Å². The van der Waals surface area contributed by atoms with E-state index in [4.69, 9.17) is 0 Å². The number of imidazole rings is 1. The summed E-state index contributed by atoms with van der Waals surface area (Å²) in [6, 6.07) is 8.75. The monoisotopic (exact) mass is 303 g/mol. The molecule has 1 aromatic carbocycles. The molecule has 0 aliphatic carbocycles. The lowest BCUT2D eigenvalue weighted by Gasteiger charge is -2.17. The molecule has 1 aliphatic heterocycles. The predicted octanol–water partition coefficient (Wildman–Crippen LogP) is 2.52. The molecule has 1 atom stereocenters. The Kier molecular flexibility index (Phi) is 3.26. The zero-order valence-corrected chi connectivity index (χ0v) is 11.9. The smallest absolute Gasteiger partial charge is 0.186 e. The minimum atomic E-state index is 0.453. The molecule has 3 rings (SSSR count). The lowest BCUT2D eigenvalue weighted by molar-refractivity contribution is 0.418. The van der Waals surface area contributed by atoms with Gasteiger partial charge in [0.05, 0.1) is 17.9 Å². The summed E-state index contributed by atoms with van der Waals surface area (Å²) in [4.78, 5) is 10.4. The highest BCUT2D eigenvalue weighted by Crippen LogP contribution is 2.29. The topological polar surface area (TPSA) is 31.9 Å². The number of hydrogen-bond donors (Lipinski definition) is 1. The first-order valence-electron chi connectivity index (χ1n) is 6.25. The normalized spacial score (nSPS) is 20.4. The van der Waals surface area contributed by atoms with Crippen LogP contribution in [0.5, 0.6) is 0 Å². The van der Waals surface area contributed by atoms with Crippen molar-refractivity contribution in [3.8, 4) is 11.3 Å². The van der Waals surface area contributed by atoms with Gasteiger partial charge >= 0.3 is 0 Å². The molecule has 1 aromatic heterocycles. The first-order chi connectivity index (χ1) is 8.74. The van der Waals surface area contributed by atoms with Gasteiger partial charge in [-0.05, 0) is 37.1 Å². The molecule has 2 heterocycles. The fraction of sp³-hybridized carbons (Fsp3) is 0.308. The molecule has 18 heavy (non-hydrogen) atoms. The number of benzene rings is 1. The fourth-order valence-electron chi connectivity index (χ4n) is 2.54. The molecule has 92 valence electrons. The Labute approximate surface area is 116 Å². The largest absolute Gasteiger partial charge is 0.341 e. The van der Waals surface area contributed by atoms with E-state index in [1.165, 1.54) is 24.9 Å². The molecule has 1 N–H and O–H groups in total. The number of aromatic amines is 1. The Morgan fingerprint density at radius 1 is 1.33 bits per heavy atom. The zero-order chi connectivity index (χ0) is 12.5. The highest BCUT2D eigenvalue weighted by atomic mass is 79.9. The number of nitrogens with zero attached hydrogens (tertiary/aromatic N) is 2. The van der Waals surface area contributed by atoms with Crippen LogP contribution in [-0.4, -0.2) is 29.3 Å². The van der Waals surface area contributed by atoms with Gasteiger partial charge in [-0.15, -0.1) is 0 Å². The van der Waals surface area contributed by atoms with Crippen LogP contribution in [0.25, 0.3) is 11.3 Å². The fourth-order valence-corrected chi connectivity index (χ4v) is 2.80. The van der Waals surface area contributed by atoms with Crippen LogP contribution >= 0.6 is 15.9 Å². The second-order valence-corrected chi connectivity index (χ2v) is 5.74. The van der Waals surface area contributed by atoms with Crippen LogP contribution in [0.15, 0.2) is 34.9 Å². The summed E-state index contributed by atoms with van der Waals surface area (Å²) in [7, 11) is 2.17. The number of H-pyrrole nitrogens is 1. The van der Waals surface area contributed by atoms with Crippen molar-refractivity contribution in [2.45, 2.75) is 18.9 Å². The molecule has 2 aromatic rings. The number of halogens is 1. The first kappa shape index (κ1) is 12.0. The number of nitrogens with one attached hydrogen (secondary N) is 1. The van der Waals surface area contributed by atoms with E-state index >= 15 is 0 Å². The molecule has 0 amide bonds. The third-order valence-corrected chi connectivity index (χ3v) is 4.12. The van der Waals surface area contributed by atoms with Gasteiger partial charge in [-0.1, -0.05) is 28.1 Å². The minimum Gasteiger partial charge on any atom is -0.341 e. The van der Waals surface area contributed by atoms with Gasteiger partial charge in [-0.3, -0.25) is 0 Å². The molecular weight excluding hydrogens is 289 g/mol. The van der Waals surface area contributed by atoms with Crippen LogP contribution in [0.1, 0.15) is 24.7 Å². The average molecular weight is 304 g/mol. The van der Waals surface area contributed by atoms with E-state index in [2.05, 4.69) is 63.0 Å². The summed E-state index contributed by atoms with van der Waals surface area (Å²) in [5.41, 5.74) is 2.27. The van der Waals surface area contributed by atoms with E-state index in [9.17, 15) is 0 Å². The van der Waals surface area contributed by atoms with E-state index in [0.29, 0.717) is 6.04 Å². The minimum absolute atomic E-state index is 0.453. The van der Waals surface area contributed by atoms with Gasteiger partial charge in [0.15, 0.2) is 7.98 Å². The number of rotatable bonds is 2. The average Bonchev–Trinajstić information content (AvgIpc) is 2.98. The zero-order valence-electron chi connectivity index (χ0n) is 10.4. The van der Waals surface area contributed by atoms with Crippen LogP contribution in [0.4, 0.5) is 0 Å². The van der Waals surface area contributed by atoms with Crippen molar-refractivity contribution in [2.75, 3.05) is 6.54 Å². The van der Waals surface area contributed by atoms with Gasteiger partial charge in [0, 0.05) is 4.47 Å². The standard InChI is InChI=1S/C13H15BBrN3/c14-18-7-1-2-12(18)13-16-8-11(17-13)9-3-5-10(15)6-4-9/h3-6,8,12H,1-2,7,14H2,(H,16,17)/t12-/m0/s1. The third kappa shape index (κ3) is 2.25. The van der Waals surface area contributed by atoms with Crippen LogP contribution in [0.3, 0.4) is 0 Å². The Balaban J connectivity index is 1.87. The Bertz CT molecular complexity index is 537. The van der Waals surface area contributed by atoms with Crippen molar-refractivity contribution in [3.63, 3.8) is 0 Å². The van der Waals surface area contributed by atoms with E-state index < -0.39 is 0 Å². The quantitative estimate of drug-likeness (QED) is 0.865. The van der Waals surface area contributed by atoms with Crippen molar-refractivity contribution in [1.82, 2.24) is 14.8 Å². The van der Waals surface area contributed by atoms with E-state index in [1.807, 2.05) is 6.20 Å². The van der Waals surface area contributed by atoms with Gasteiger partial charge in [-0.25, -0.2) is 4.98 Å². The van der Waals surface area contributed by atoms with E-state index in [1.54, 1.807) is 0 Å². The van der Waals surface area contributed by atoms with Crippen LogP contribution in [0.2, 0.25) is 0 Å². The third-order valence-electron chi connectivity index (χ3n) is 3.59. The van der Waals surface area contributed by atoms with Gasteiger partial charge < -0.3 is 9.79 Å². The summed E-state index contributed by atoms with van der Waals surface area (Å²) in [5.74, 6) is 1.09. The number of hydrogen-bond acceptors (Lipinski definition) is 2. The molecule has 3 nitrogen and oxygen atoms in total.